The number of nitrogens with one attached hydrogen (secondary N) is 1. The van der Waals surface area contributed by atoms with Crippen LogP contribution < -0.4 is 5.32 Å². The quantitative estimate of drug-likeness (QED) is 0.744. The second-order valence-corrected chi connectivity index (χ2v) is 3.84. The summed E-state index contributed by atoms with van der Waals surface area (Å²) in [7, 11) is 0. The van der Waals surface area contributed by atoms with Gasteiger partial charge in [0.15, 0.2) is 0 Å². The third kappa shape index (κ3) is 3.73. The Morgan fingerprint density at radius 2 is 2.11 bits per heavy atom. The molecule has 0 aliphatic heterocycles. The number of amides is 1. The molecule has 6 heteroatoms. The van der Waals surface area contributed by atoms with Crippen molar-refractivity contribution in [3.63, 3.8) is 0 Å². The van der Waals surface area contributed by atoms with Crippen LogP contribution in [-0.2, 0) is 4.79 Å². The number of hydrogen-bond acceptors (Lipinski definition) is 3. The van der Waals surface area contributed by atoms with Gasteiger partial charge in [-0.15, -0.1) is 0 Å². The summed E-state index contributed by atoms with van der Waals surface area (Å²) in [5, 5.41) is 20.5. The lowest BCUT2D eigenvalue weighted by molar-refractivity contribution is -0.137. The number of aromatic hydroxyl groups is 1. The van der Waals surface area contributed by atoms with Gasteiger partial charge in [-0.05, 0) is 24.6 Å². The van der Waals surface area contributed by atoms with Gasteiger partial charge < -0.3 is 15.5 Å². The van der Waals surface area contributed by atoms with Gasteiger partial charge in [0.25, 0.3) is 5.91 Å². The summed E-state index contributed by atoms with van der Waals surface area (Å²) in [4.78, 5) is 22.3. The monoisotopic (exact) mass is 255 g/mol. The Balaban J connectivity index is 2.80. The van der Waals surface area contributed by atoms with Gasteiger partial charge in [-0.3, -0.25) is 9.59 Å². The Hall–Kier alpha value is -2.11. The maximum atomic E-state index is 13.0. The SMILES string of the molecule is CCC(CC(=O)O)NC(=O)c1cc(F)ccc1O. The van der Waals surface area contributed by atoms with Crippen molar-refractivity contribution in [2.75, 3.05) is 0 Å². The van der Waals surface area contributed by atoms with E-state index in [1.165, 1.54) is 0 Å². The lowest BCUT2D eigenvalue weighted by atomic mass is 10.1. The van der Waals surface area contributed by atoms with Crippen LogP contribution in [0.3, 0.4) is 0 Å². The Kier molecular flexibility index (Phi) is 4.65. The molecule has 0 aliphatic carbocycles. The molecule has 0 bridgehead atoms. The largest absolute Gasteiger partial charge is 0.507 e. The Morgan fingerprint density at radius 3 is 2.67 bits per heavy atom. The smallest absolute Gasteiger partial charge is 0.305 e. The van der Waals surface area contributed by atoms with Gasteiger partial charge in [0.1, 0.15) is 11.6 Å². The van der Waals surface area contributed by atoms with E-state index in [1.54, 1.807) is 6.92 Å². The van der Waals surface area contributed by atoms with Gasteiger partial charge >= 0.3 is 5.97 Å². The lowest BCUT2D eigenvalue weighted by Gasteiger charge is -2.15. The number of phenols is 1. The zero-order valence-corrected chi connectivity index (χ0v) is 9.81. The lowest BCUT2D eigenvalue weighted by Crippen LogP contribution is -2.36. The molecule has 1 atom stereocenters. The Bertz CT molecular complexity index is 461. The molecule has 98 valence electrons. The molecule has 1 rings (SSSR count). The minimum absolute atomic E-state index is 0.209. The summed E-state index contributed by atoms with van der Waals surface area (Å²) in [6, 6.07) is 2.44. The van der Waals surface area contributed by atoms with E-state index in [1.807, 2.05) is 0 Å². The summed E-state index contributed by atoms with van der Waals surface area (Å²) < 4.78 is 13.0. The summed E-state index contributed by atoms with van der Waals surface area (Å²) in [6.45, 7) is 1.72. The van der Waals surface area contributed by atoms with Crippen molar-refractivity contribution in [1.29, 1.82) is 0 Å². The first-order chi connectivity index (χ1) is 8.43. The first-order valence-electron chi connectivity index (χ1n) is 5.45. The molecule has 5 nitrogen and oxygen atoms in total. The highest BCUT2D eigenvalue weighted by Crippen LogP contribution is 2.18. The molecule has 0 aromatic heterocycles. The van der Waals surface area contributed by atoms with E-state index >= 15 is 0 Å². The number of carbonyl (C=O) groups is 2. The van der Waals surface area contributed by atoms with Gasteiger partial charge in [0.05, 0.1) is 12.0 Å². The molecule has 1 unspecified atom stereocenters. The van der Waals surface area contributed by atoms with E-state index in [0.29, 0.717) is 6.42 Å². The summed E-state index contributed by atoms with van der Waals surface area (Å²) >= 11 is 0. The van der Waals surface area contributed by atoms with Gasteiger partial charge in [0.2, 0.25) is 0 Å². The number of aliphatic carboxylic acids is 1. The third-order valence-electron chi connectivity index (χ3n) is 2.45. The number of phenolic OH excluding ortho intramolecular Hbond substituents is 1. The number of carboxylic acid groups (broad SMARTS) is 1. The normalized spacial score (nSPS) is 11.9. The molecule has 3 N–H and O–H groups in total. The molecule has 0 spiro atoms. The van der Waals surface area contributed by atoms with Crippen LogP contribution in [-0.4, -0.2) is 28.1 Å². The maximum absolute atomic E-state index is 13.0. The zero-order chi connectivity index (χ0) is 13.7. The van der Waals surface area contributed by atoms with Crippen molar-refractivity contribution in [2.24, 2.45) is 0 Å². The number of carbonyl (C=O) groups excluding carboxylic acids is 1. The van der Waals surface area contributed by atoms with Crippen LogP contribution in [0.4, 0.5) is 4.39 Å². The summed E-state index contributed by atoms with van der Waals surface area (Å²) in [5.74, 6) is -2.73. The number of carboxylic acids is 1. The second kappa shape index (κ2) is 6.00. The highest BCUT2D eigenvalue weighted by Gasteiger charge is 2.18. The molecule has 18 heavy (non-hydrogen) atoms. The zero-order valence-electron chi connectivity index (χ0n) is 9.81. The molecule has 0 aliphatic rings. The minimum Gasteiger partial charge on any atom is -0.507 e. The first kappa shape index (κ1) is 14.0. The van der Waals surface area contributed by atoms with E-state index in [0.717, 1.165) is 18.2 Å². The third-order valence-corrected chi connectivity index (χ3v) is 2.45. The molecular formula is C12H14FNO4. The summed E-state index contributed by atoms with van der Waals surface area (Å²) in [6.07, 6.45) is 0.201. The predicted octanol–water partition coefficient (Wildman–Crippen LogP) is 1.51. The van der Waals surface area contributed by atoms with E-state index in [4.69, 9.17) is 5.11 Å². The number of rotatable bonds is 5. The molecule has 0 radical (unpaired) electrons. The fourth-order valence-corrected chi connectivity index (χ4v) is 1.46. The molecule has 0 saturated carbocycles. The number of hydrogen-bond donors (Lipinski definition) is 3. The highest BCUT2D eigenvalue weighted by atomic mass is 19.1. The van der Waals surface area contributed by atoms with Crippen molar-refractivity contribution in [1.82, 2.24) is 5.32 Å². The van der Waals surface area contributed by atoms with E-state index < -0.39 is 23.7 Å². The molecule has 0 heterocycles. The van der Waals surface area contributed by atoms with Crippen LogP contribution >= 0.6 is 0 Å². The van der Waals surface area contributed by atoms with Crippen molar-refractivity contribution in [2.45, 2.75) is 25.8 Å². The van der Waals surface area contributed by atoms with Gasteiger partial charge in [-0.25, -0.2) is 4.39 Å². The van der Waals surface area contributed by atoms with Crippen molar-refractivity contribution in [3.05, 3.63) is 29.6 Å². The van der Waals surface area contributed by atoms with Crippen LogP contribution in [0.2, 0.25) is 0 Å². The fraction of sp³-hybridized carbons (Fsp3) is 0.333. The highest BCUT2D eigenvalue weighted by molar-refractivity contribution is 5.97. The van der Waals surface area contributed by atoms with E-state index in [9.17, 15) is 19.1 Å². The van der Waals surface area contributed by atoms with E-state index in [-0.39, 0.29) is 17.7 Å². The number of benzene rings is 1. The molecule has 0 fully saturated rings. The molecule has 1 aromatic carbocycles. The standard InChI is InChI=1S/C12H14FNO4/c1-2-8(6-11(16)17)14-12(18)9-5-7(13)3-4-10(9)15/h3-5,8,15H,2,6H2,1H3,(H,14,18)(H,16,17). The number of halogens is 1. The molecule has 1 aromatic rings. The van der Waals surface area contributed by atoms with Crippen LogP contribution in [0.1, 0.15) is 30.1 Å². The second-order valence-electron chi connectivity index (χ2n) is 3.84. The molecule has 1 amide bonds. The Morgan fingerprint density at radius 1 is 1.44 bits per heavy atom. The summed E-state index contributed by atoms with van der Waals surface area (Å²) in [5.41, 5.74) is -0.209. The maximum Gasteiger partial charge on any atom is 0.305 e. The van der Waals surface area contributed by atoms with Gasteiger partial charge in [0, 0.05) is 6.04 Å². The molecular weight excluding hydrogens is 241 g/mol. The van der Waals surface area contributed by atoms with Crippen LogP contribution in [0, 0.1) is 5.82 Å². The topological polar surface area (TPSA) is 86.6 Å². The van der Waals surface area contributed by atoms with Crippen molar-refractivity contribution in [3.8, 4) is 5.75 Å². The first-order valence-corrected chi connectivity index (χ1v) is 5.45. The fourth-order valence-electron chi connectivity index (χ4n) is 1.46. The minimum atomic E-state index is -1.04. The van der Waals surface area contributed by atoms with Crippen LogP contribution in [0.15, 0.2) is 18.2 Å². The Labute approximate surface area is 103 Å². The molecule has 0 saturated heterocycles. The average molecular weight is 255 g/mol. The van der Waals surface area contributed by atoms with Gasteiger partial charge in [-0.2, -0.15) is 0 Å². The average Bonchev–Trinajstić information content (AvgIpc) is 2.30. The van der Waals surface area contributed by atoms with Crippen LogP contribution in [0.25, 0.3) is 0 Å². The van der Waals surface area contributed by atoms with Crippen molar-refractivity contribution < 1.29 is 24.2 Å². The van der Waals surface area contributed by atoms with Crippen LogP contribution in [0.5, 0.6) is 5.75 Å². The van der Waals surface area contributed by atoms with Crippen molar-refractivity contribution >= 4 is 11.9 Å². The van der Waals surface area contributed by atoms with E-state index in [2.05, 4.69) is 5.32 Å². The van der Waals surface area contributed by atoms with Gasteiger partial charge in [-0.1, -0.05) is 6.92 Å². The predicted molar refractivity (Wildman–Crippen MR) is 61.9 cm³/mol.